The molecule has 2 heteroatoms. The van der Waals surface area contributed by atoms with Gasteiger partial charge in [-0.1, -0.05) is 27.2 Å². The summed E-state index contributed by atoms with van der Waals surface area (Å²) in [7, 11) is 0. The van der Waals surface area contributed by atoms with E-state index >= 15 is 0 Å². The first kappa shape index (κ1) is 11.4. The molecular weight excluding hydrogens is 178 g/mol. The topological polar surface area (TPSA) is 12.0 Å². The Morgan fingerprint density at radius 3 is 2.77 bits per heavy atom. The Bertz CT molecular complexity index is 138. The third-order valence-electron chi connectivity index (χ3n) is 3.07. The molecule has 1 nitrogen and oxygen atoms in total. The summed E-state index contributed by atoms with van der Waals surface area (Å²) in [4.78, 5) is 0. The average Bonchev–Trinajstić information content (AvgIpc) is 2.54. The van der Waals surface area contributed by atoms with E-state index in [2.05, 4.69) is 37.8 Å². The molecule has 0 spiro atoms. The molecular formula is C11H23NS. The van der Waals surface area contributed by atoms with Crippen molar-refractivity contribution in [2.45, 2.75) is 39.7 Å². The minimum absolute atomic E-state index is 0.795. The molecule has 0 bridgehead atoms. The summed E-state index contributed by atoms with van der Waals surface area (Å²) in [5.74, 6) is 4.54. The summed E-state index contributed by atoms with van der Waals surface area (Å²) < 4.78 is 0. The first-order valence-corrected chi connectivity index (χ1v) is 6.74. The van der Waals surface area contributed by atoms with Gasteiger partial charge in [0.05, 0.1) is 0 Å². The molecule has 3 unspecified atom stereocenters. The lowest BCUT2D eigenvalue weighted by molar-refractivity contribution is 0.348. The van der Waals surface area contributed by atoms with Crippen molar-refractivity contribution in [3.05, 3.63) is 0 Å². The van der Waals surface area contributed by atoms with E-state index in [-0.39, 0.29) is 0 Å². The van der Waals surface area contributed by atoms with E-state index in [4.69, 9.17) is 0 Å². The van der Waals surface area contributed by atoms with Crippen LogP contribution in [0.25, 0.3) is 0 Å². The molecule has 0 saturated carbocycles. The molecule has 0 radical (unpaired) electrons. The Balaban J connectivity index is 2.30. The second kappa shape index (κ2) is 5.92. The lowest BCUT2D eigenvalue weighted by atomic mass is 9.91. The molecule has 1 saturated heterocycles. The van der Waals surface area contributed by atoms with E-state index in [0.29, 0.717) is 0 Å². The van der Waals surface area contributed by atoms with Crippen molar-refractivity contribution in [3.8, 4) is 0 Å². The fourth-order valence-electron chi connectivity index (χ4n) is 2.00. The van der Waals surface area contributed by atoms with E-state index in [1.165, 1.54) is 24.3 Å². The SMILES string of the molecule is CCNC1CSCC1CC(C)CC. The van der Waals surface area contributed by atoms with Gasteiger partial charge in [0, 0.05) is 11.8 Å². The molecule has 0 amide bonds. The van der Waals surface area contributed by atoms with Crippen molar-refractivity contribution in [3.63, 3.8) is 0 Å². The van der Waals surface area contributed by atoms with Gasteiger partial charge in [-0.2, -0.15) is 11.8 Å². The van der Waals surface area contributed by atoms with Crippen LogP contribution in [0.4, 0.5) is 0 Å². The molecule has 1 fully saturated rings. The van der Waals surface area contributed by atoms with Crippen molar-refractivity contribution in [1.82, 2.24) is 5.32 Å². The van der Waals surface area contributed by atoms with Crippen LogP contribution in [0.5, 0.6) is 0 Å². The molecule has 78 valence electrons. The van der Waals surface area contributed by atoms with Gasteiger partial charge in [-0.25, -0.2) is 0 Å². The predicted octanol–water partition coefficient (Wildman–Crippen LogP) is 2.76. The Morgan fingerprint density at radius 2 is 2.15 bits per heavy atom. The normalized spacial score (nSPS) is 30.7. The van der Waals surface area contributed by atoms with Crippen molar-refractivity contribution in [2.75, 3.05) is 18.1 Å². The van der Waals surface area contributed by atoms with Gasteiger partial charge in [-0.15, -0.1) is 0 Å². The van der Waals surface area contributed by atoms with Crippen molar-refractivity contribution >= 4 is 11.8 Å². The average molecular weight is 201 g/mol. The van der Waals surface area contributed by atoms with Crippen LogP contribution in [0.1, 0.15) is 33.6 Å². The minimum Gasteiger partial charge on any atom is -0.313 e. The first-order valence-electron chi connectivity index (χ1n) is 5.59. The van der Waals surface area contributed by atoms with Gasteiger partial charge in [-0.05, 0) is 30.6 Å². The van der Waals surface area contributed by atoms with Gasteiger partial charge < -0.3 is 5.32 Å². The van der Waals surface area contributed by atoms with Crippen LogP contribution in [-0.4, -0.2) is 24.1 Å². The standard InChI is InChI=1S/C11H23NS/c1-4-9(3)6-10-7-13-8-11(10)12-5-2/h9-12H,4-8H2,1-3H3. The maximum Gasteiger partial charge on any atom is 0.0194 e. The number of nitrogens with one attached hydrogen (secondary N) is 1. The molecule has 0 aromatic heterocycles. The van der Waals surface area contributed by atoms with Crippen molar-refractivity contribution < 1.29 is 0 Å². The van der Waals surface area contributed by atoms with Crippen LogP contribution >= 0.6 is 11.8 Å². The highest BCUT2D eigenvalue weighted by atomic mass is 32.2. The Labute approximate surface area is 87.1 Å². The highest BCUT2D eigenvalue weighted by Crippen LogP contribution is 2.30. The molecule has 0 aliphatic carbocycles. The molecule has 13 heavy (non-hydrogen) atoms. The molecule has 1 rings (SSSR count). The molecule has 3 atom stereocenters. The fraction of sp³-hybridized carbons (Fsp3) is 1.00. The number of hydrogen-bond donors (Lipinski definition) is 1. The minimum atomic E-state index is 0.795. The van der Waals surface area contributed by atoms with Gasteiger partial charge in [0.1, 0.15) is 0 Å². The van der Waals surface area contributed by atoms with E-state index in [1.807, 2.05) is 0 Å². The summed E-state index contributed by atoms with van der Waals surface area (Å²) in [5.41, 5.74) is 0. The van der Waals surface area contributed by atoms with E-state index < -0.39 is 0 Å². The highest BCUT2D eigenvalue weighted by Gasteiger charge is 2.27. The van der Waals surface area contributed by atoms with Crippen LogP contribution in [-0.2, 0) is 0 Å². The van der Waals surface area contributed by atoms with Crippen LogP contribution in [0.2, 0.25) is 0 Å². The van der Waals surface area contributed by atoms with E-state index in [0.717, 1.165) is 24.4 Å². The zero-order valence-corrected chi connectivity index (χ0v) is 9.99. The summed E-state index contributed by atoms with van der Waals surface area (Å²) in [6.45, 7) is 8.02. The predicted molar refractivity (Wildman–Crippen MR) is 62.4 cm³/mol. The number of thioether (sulfide) groups is 1. The third-order valence-corrected chi connectivity index (χ3v) is 4.33. The molecule has 1 aliphatic heterocycles. The molecule has 1 aliphatic rings. The van der Waals surface area contributed by atoms with Gasteiger partial charge >= 0.3 is 0 Å². The summed E-state index contributed by atoms with van der Waals surface area (Å²) >= 11 is 2.12. The molecule has 1 heterocycles. The highest BCUT2D eigenvalue weighted by molar-refractivity contribution is 7.99. The van der Waals surface area contributed by atoms with Crippen LogP contribution in [0, 0.1) is 11.8 Å². The second-order valence-electron chi connectivity index (χ2n) is 4.21. The van der Waals surface area contributed by atoms with Gasteiger partial charge in [0.15, 0.2) is 0 Å². The zero-order valence-electron chi connectivity index (χ0n) is 9.18. The van der Waals surface area contributed by atoms with Gasteiger partial charge in [-0.3, -0.25) is 0 Å². The smallest absolute Gasteiger partial charge is 0.0194 e. The fourth-order valence-corrected chi connectivity index (χ4v) is 3.45. The van der Waals surface area contributed by atoms with Crippen molar-refractivity contribution in [2.24, 2.45) is 11.8 Å². The number of hydrogen-bond acceptors (Lipinski definition) is 2. The van der Waals surface area contributed by atoms with Gasteiger partial charge in [0.2, 0.25) is 0 Å². The maximum absolute atomic E-state index is 3.60. The Hall–Kier alpha value is 0.310. The van der Waals surface area contributed by atoms with Crippen LogP contribution < -0.4 is 5.32 Å². The summed E-state index contributed by atoms with van der Waals surface area (Å²) in [5, 5.41) is 3.60. The van der Waals surface area contributed by atoms with Crippen LogP contribution in [0.15, 0.2) is 0 Å². The number of rotatable bonds is 5. The molecule has 1 N–H and O–H groups in total. The Kier molecular flexibility index (Phi) is 5.18. The molecule has 0 aromatic carbocycles. The second-order valence-corrected chi connectivity index (χ2v) is 5.29. The van der Waals surface area contributed by atoms with E-state index in [1.54, 1.807) is 0 Å². The Morgan fingerprint density at radius 1 is 1.38 bits per heavy atom. The summed E-state index contributed by atoms with van der Waals surface area (Å²) in [6, 6.07) is 0.795. The van der Waals surface area contributed by atoms with Crippen LogP contribution in [0.3, 0.4) is 0 Å². The lowest BCUT2D eigenvalue weighted by Crippen LogP contribution is -2.35. The van der Waals surface area contributed by atoms with Crippen molar-refractivity contribution in [1.29, 1.82) is 0 Å². The molecule has 0 aromatic rings. The maximum atomic E-state index is 3.60. The quantitative estimate of drug-likeness (QED) is 0.734. The monoisotopic (exact) mass is 201 g/mol. The summed E-state index contributed by atoms with van der Waals surface area (Å²) in [6.07, 6.45) is 2.75. The van der Waals surface area contributed by atoms with E-state index in [9.17, 15) is 0 Å². The van der Waals surface area contributed by atoms with Gasteiger partial charge in [0.25, 0.3) is 0 Å². The first-order chi connectivity index (χ1) is 6.27. The zero-order chi connectivity index (χ0) is 9.68. The third kappa shape index (κ3) is 3.51. The largest absolute Gasteiger partial charge is 0.313 e. The lowest BCUT2D eigenvalue weighted by Gasteiger charge is -2.22.